The maximum absolute atomic E-state index is 12.2. The molecule has 0 saturated heterocycles. The predicted octanol–water partition coefficient (Wildman–Crippen LogP) is 2.01. The maximum Gasteiger partial charge on any atom is 0.354 e. The van der Waals surface area contributed by atoms with Crippen molar-refractivity contribution >= 4 is 35.0 Å². The molecule has 1 heterocycles. The maximum atomic E-state index is 12.2. The molecule has 1 aromatic rings. The molecule has 0 bridgehead atoms. The fraction of sp³-hybridized carbons (Fsp3) is 0.421. The number of amides is 2. The predicted molar refractivity (Wildman–Crippen MR) is 99.3 cm³/mol. The van der Waals surface area contributed by atoms with Crippen molar-refractivity contribution in [1.29, 1.82) is 0 Å². The Bertz CT molecular complexity index is 768. The molecule has 2 rings (SSSR count). The van der Waals surface area contributed by atoms with Crippen molar-refractivity contribution in [2.75, 3.05) is 19.0 Å². The minimum Gasteiger partial charge on any atom is -0.453 e. The number of carbonyl (C=O) groups is 4. The number of ether oxygens (including phenoxy) is 1. The monoisotopic (exact) mass is 373 g/mol. The molecule has 2 amide bonds. The zero-order valence-electron chi connectivity index (χ0n) is 15.7. The minimum atomic E-state index is -0.708. The van der Waals surface area contributed by atoms with Crippen molar-refractivity contribution < 1.29 is 23.9 Å². The summed E-state index contributed by atoms with van der Waals surface area (Å²) in [6, 6.07) is 6.37. The van der Waals surface area contributed by atoms with Gasteiger partial charge in [-0.05, 0) is 30.2 Å². The lowest BCUT2D eigenvalue weighted by molar-refractivity contribution is -0.135. The molecule has 0 unspecified atom stereocenters. The summed E-state index contributed by atoms with van der Waals surface area (Å²) in [5.41, 5.74) is 1.08. The highest BCUT2D eigenvalue weighted by Gasteiger charge is 2.23. The Hall–Kier alpha value is -3.03. The molecule has 1 N–H and O–H groups in total. The zero-order valence-corrected chi connectivity index (χ0v) is 15.7. The van der Waals surface area contributed by atoms with Gasteiger partial charge in [0.05, 0.1) is 0 Å². The van der Waals surface area contributed by atoms with Crippen LogP contribution in [0.4, 0.5) is 5.69 Å². The minimum absolute atomic E-state index is 0.0882. The molecule has 0 aliphatic carbocycles. The van der Waals surface area contributed by atoms with Crippen molar-refractivity contribution in [2.24, 2.45) is 11.0 Å². The summed E-state index contributed by atoms with van der Waals surface area (Å²) in [4.78, 5) is 47.2. The Morgan fingerprint density at radius 3 is 2.44 bits per heavy atom. The molecule has 0 saturated carbocycles. The van der Waals surface area contributed by atoms with E-state index in [1.54, 1.807) is 24.3 Å². The summed E-state index contributed by atoms with van der Waals surface area (Å²) >= 11 is 0. The van der Waals surface area contributed by atoms with Crippen LogP contribution in [-0.4, -0.2) is 47.9 Å². The van der Waals surface area contributed by atoms with Crippen LogP contribution in [0.25, 0.3) is 0 Å². The van der Waals surface area contributed by atoms with Gasteiger partial charge < -0.3 is 10.1 Å². The molecular formula is C19H23N3O5. The molecule has 1 aliphatic heterocycles. The largest absolute Gasteiger partial charge is 0.453 e. The Balaban J connectivity index is 1.87. The first-order valence-corrected chi connectivity index (χ1v) is 8.70. The van der Waals surface area contributed by atoms with E-state index in [1.807, 2.05) is 13.8 Å². The number of hydrogen-bond donors (Lipinski definition) is 1. The number of hydrazone groups is 1. The molecule has 144 valence electrons. The number of hydrogen-bond acceptors (Lipinski definition) is 6. The van der Waals surface area contributed by atoms with Gasteiger partial charge >= 0.3 is 5.97 Å². The Morgan fingerprint density at radius 2 is 1.85 bits per heavy atom. The van der Waals surface area contributed by atoms with Crippen LogP contribution in [0.3, 0.4) is 0 Å². The third-order valence-electron chi connectivity index (χ3n) is 3.86. The van der Waals surface area contributed by atoms with E-state index < -0.39 is 12.6 Å². The molecular weight excluding hydrogens is 350 g/mol. The number of nitrogens with one attached hydrogen (secondary N) is 1. The number of anilines is 1. The standard InChI is InChI=1S/C19H23N3O5/c1-12(2)10-17(24)20-14-6-4-13(5-7-14)16(23)11-27-19(26)15-8-9-18(25)22(3)21-15/h4-7,12H,8-11H2,1-3H3,(H,20,24). The molecule has 0 fully saturated rings. The summed E-state index contributed by atoms with van der Waals surface area (Å²) in [7, 11) is 1.46. The molecule has 8 heteroatoms. The van der Waals surface area contributed by atoms with Crippen LogP contribution < -0.4 is 5.32 Å². The topological polar surface area (TPSA) is 105 Å². The SMILES string of the molecule is CC(C)CC(=O)Nc1ccc(C(=O)COC(=O)C2=NN(C)C(=O)CC2)cc1. The number of esters is 1. The number of benzene rings is 1. The summed E-state index contributed by atoms with van der Waals surface area (Å²) in [6.07, 6.45) is 0.796. The van der Waals surface area contributed by atoms with E-state index in [0.29, 0.717) is 17.7 Å². The van der Waals surface area contributed by atoms with Crippen molar-refractivity contribution in [1.82, 2.24) is 5.01 Å². The lowest BCUT2D eigenvalue weighted by Crippen LogP contribution is -2.33. The Morgan fingerprint density at radius 1 is 1.19 bits per heavy atom. The molecule has 0 radical (unpaired) electrons. The summed E-state index contributed by atoms with van der Waals surface area (Å²) in [5, 5.41) is 7.70. The molecule has 27 heavy (non-hydrogen) atoms. The van der Waals surface area contributed by atoms with Crippen LogP contribution in [0, 0.1) is 5.92 Å². The van der Waals surface area contributed by atoms with Gasteiger partial charge in [-0.1, -0.05) is 13.8 Å². The van der Waals surface area contributed by atoms with E-state index in [0.717, 1.165) is 5.01 Å². The first kappa shape index (κ1) is 20.3. The van der Waals surface area contributed by atoms with Gasteiger partial charge in [0.1, 0.15) is 5.71 Å². The van der Waals surface area contributed by atoms with Crippen LogP contribution >= 0.6 is 0 Å². The summed E-state index contributed by atoms with van der Waals surface area (Å²) in [6.45, 7) is 3.49. The average Bonchev–Trinajstić information content (AvgIpc) is 2.61. The fourth-order valence-corrected chi connectivity index (χ4v) is 2.44. The summed E-state index contributed by atoms with van der Waals surface area (Å²) < 4.78 is 4.99. The van der Waals surface area contributed by atoms with Crippen molar-refractivity contribution in [3.8, 4) is 0 Å². The van der Waals surface area contributed by atoms with Gasteiger partial charge in [-0.25, -0.2) is 9.80 Å². The zero-order chi connectivity index (χ0) is 20.0. The quantitative estimate of drug-likeness (QED) is 0.581. The first-order chi connectivity index (χ1) is 12.8. The lowest BCUT2D eigenvalue weighted by Gasteiger charge is -2.18. The molecule has 8 nitrogen and oxygen atoms in total. The number of carbonyl (C=O) groups excluding carboxylic acids is 4. The van der Waals surface area contributed by atoms with Gasteiger partial charge in [-0.2, -0.15) is 5.10 Å². The highest BCUT2D eigenvalue weighted by molar-refractivity contribution is 6.37. The molecule has 0 spiro atoms. The van der Waals surface area contributed by atoms with E-state index in [-0.39, 0.29) is 42.1 Å². The van der Waals surface area contributed by atoms with Crippen LogP contribution in [0.1, 0.15) is 43.5 Å². The first-order valence-electron chi connectivity index (χ1n) is 8.70. The van der Waals surface area contributed by atoms with Gasteiger partial charge in [-0.3, -0.25) is 14.4 Å². The van der Waals surface area contributed by atoms with Crippen molar-refractivity contribution in [2.45, 2.75) is 33.1 Å². The third kappa shape index (κ3) is 6.02. The van der Waals surface area contributed by atoms with Gasteiger partial charge in [0.15, 0.2) is 12.4 Å². The van der Waals surface area contributed by atoms with Crippen LogP contribution in [0.5, 0.6) is 0 Å². The second kappa shape index (κ2) is 9.07. The summed E-state index contributed by atoms with van der Waals surface area (Å²) in [5.74, 6) is -1.09. The second-order valence-corrected chi connectivity index (χ2v) is 6.69. The smallest absolute Gasteiger partial charge is 0.354 e. The van der Waals surface area contributed by atoms with Crippen LogP contribution in [0.2, 0.25) is 0 Å². The average molecular weight is 373 g/mol. The fourth-order valence-electron chi connectivity index (χ4n) is 2.44. The van der Waals surface area contributed by atoms with E-state index in [1.165, 1.54) is 7.05 Å². The number of nitrogens with zero attached hydrogens (tertiary/aromatic N) is 2. The normalized spacial score (nSPS) is 14.0. The van der Waals surface area contributed by atoms with Gasteiger partial charge in [-0.15, -0.1) is 0 Å². The van der Waals surface area contributed by atoms with Gasteiger partial charge in [0.2, 0.25) is 11.8 Å². The van der Waals surface area contributed by atoms with E-state index in [4.69, 9.17) is 4.74 Å². The Kier molecular flexibility index (Phi) is 6.81. The van der Waals surface area contributed by atoms with E-state index >= 15 is 0 Å². The van der Waals surface area contributed by atoms with E-state index in [9.17, 15) is 19.2 Å². The highest BCUT2D eigenvalue weighted by Crippen LogP contribution is 2.13. The number of Topliss-reactive ketones (excluding diaryl/α,β-unsaturated/α-hetero) is 1. The van der Waals surface area contributed by atoms with Crippen molar-refractivity contribution in [3.05, 3.63) is 29.8 Å². The van der Waals surface area contributed by atoms with Crippen LogP contribution in [-0.2, 0) is 19.1 Å². The molecule has 1 aromatic carbocycles. The molecule has 0 atom stereocenters. The van der Waals surface area contributed by atoms with E-state index in [2.05, 4.69) is 10.4 Å². The van der Waals surface area contributed by atoms with Gasteiger partial charge in [0.25, 0.3) is 0 Å². The highest BCUT2D eigenvalue weighted by atomic mass is 16.5. The van der Waals surface area contributed by atoms with Gasteiger partial charge in [0, 0.05) is 37.6 Å². The van der Waals surface area contributed by atoms with Crippen molar-refractivity contribution in [3.63, 3.8) is 0 Å². The molecule has 1 aliphatic rings. The molecule has 0 aromatic heterocycles. The van der Waals surface area contributed by atoms with Crippen LogP contribution in [0.15, 0.2) is 29.4 Å². The second-order valence-electron chi connectivity index (χ2n) is 6.69. The lowest BCUT2D eigenvalue weighted by atomic mass is 10.1. The number of rotatable bonds is 7. The third-order valence-corrected chi connectivity index (χ3v) is 3.86. The number of ketones is 1. The Labute approximate surface area is 157 Å².